The second kappa shape index (κ2) is 5.27. The number of rotatable bonds is 4. The van der Waals surface area contributed by atoms with E-state index in [1.54, 1.807) is 6.92 Å². The highest BCUT2D eigenvalue weighted by Crippen LogP contribution is 2.01. The van der Waals surface area contributed by atoms with Crippen molar-refractivity contribution in [1.29, 1.82) is 0 Å². The highest BCUT2D eigenvalue weighted by Gasteiger charge is 2.00. The van der Waals surface area contributed by atoms with E-state index in [-0.39, 0.29) is 11.6 Å². The normalized spacial score (nSPS) is 13.3. The minimum Gasteiger partial charge on any atom is -0.478 e. The van der Waals surface area contributed by atoms with E-state index in [0.29, 0.717) is 6.42 Å². The van der Waals surface area contributed by atoms with Crippen LogP contribution in [0.1, 0.15) is 20.3 Å². The van der Waals surface area contributed by atoms with Crippen LogP contribution in [0, 0.1) is 0 Å². The first-order valence-corrected chi connectivity index (χ1v) is 3.55. The molecule has 0 aliphatic carbocycles. The summed E-state index contributed by atoms with van der Waals surface area (Å²) in [4.78, 5) is 23.5. The van der Waals surface area contributed by atoms with Crippen LogP contribution >= 0.6 is 0 Å². The number of carboxylic acid groups (broad SMARTS) is 1. The second-order valence-electron chi connectivity index (χ2n) is 2.50. The monoisotopic (exact) mass is 169 g/mol. The molecule has 0 aliphatic rings. The van der Waals surface area contributed by atoms with Crippen molar-refractivity contribution in [1.82, 2.24) is 0 Å². The first kappa shape index (κ1) is 10.6. The van der Waals surface area contributed by atoms with Gasteiger partial charge in [-0.2, -0.15) is 0 Å². The minimum atomic E-state index is -0.947. The summed E-state index contributed by atoms with van der Waals surface area (Å²) in [5, 5.41) is 8.45. The fourth-order valence-corrected chi connectivity index (χ4v) is 0.577. The van der Waals surface area contributed by atoms with Crippen LogP contribution in [0.25, 0.3) is 0 Å². The molecule has 4 nitrogen and oxygen atoms in total. The molecule has 0 fully saturated rings. The van der Waals surface area contributed by atoms with E-state index in [1.165, 1.54) is 19.1 Å². The fourth-order valence-electron chi connectivity index (χ4n) is 0.577. The number of aliphatic imine (C=N–C) groups is 1. The van der Waals surface area contributed by atoms with E-state index >= 15 is 0 Å². The number of carboxylic acids is 1. The van der Waals surface area contributed by atoms with Crippen molar-refractivity contribution in [3.8, 4) is 0 Å². The van der Waals surface area contributed by atoms with Crippen LogP contribution in [0.15, 0.2) is 16.6 Å². The molecule has 0 heterocycles. The molecule has 0 aromatic heterocycles. The van der Waals surface area contributed by atoms with Gasteiger partial charge in [0.25, 0.3) is 0 Å². The Kier molecular flexibility index (Phi) is 4.65. The topological polar surface area (TPSA) is 66.7 Å². The summed E-state index contributed by atoms with van der Waals surface area (Å²) in [6, 6.07) is -0.197. The van der Waals surface area contributed by atoms with E-state index in [4.69, 9.17) is 5.11 Å². The van der Waals surface area contributed by atoms with E-state index < -0.39 is 5.97 Å². The molecule has 0 aliphatic heterocycles. The lowest BCUT2D eigenvalue weighted by Crippen LogP contribution is -1.99. The van der Waals surface area contributed by atoms with Crippen molar-refractivity contribution in [2.24, 2.45) is 4.99 Å². The summed E-state index contributed by atoms with van der Waals surface area (Å²) in [6.07, 6.45) is 3.41. The molecule has 1 unspecified atom stereocenters. The number of carbonyl (C=O) groups is 1. The van der Waals surface area contributed by atoms with Gasteiger partial charge in [0.05, 0.1) is 6.04 Å². The zero-order valence-electron chi connectivity index (χ0n) is 7.07. The van der Waals surface area contributed by atoms with Crippen molar-refractivity contribution in [3.63, 3.8) is 0 Å². The van der Waals surface area contributed by atoms with Gasteiger partial charge >= 0.3 is 5.97 Å². The molecule has 0 spiro atoms. The summed E-state index contributed by atoms with van der Waals surface area (Å²) in [5.74, 6) is -0.947. The average molecular weight is 169 g/mol. The molecule has 0 saturated carbocycles. The molecule has 0 aromatic rings. The van der Waals surface area contributed by atoms with Crippen molar-refractivity contribution in [2.75, 3.05) is 0 Å². The predicted molar refractivity (Wildman–Crippen MR) is 43.6 cm³/mol. The van der Waals surface area contributed by atoms with Crippen LogP contribution in [0.3, 0.4) is 0 Å². The summed E-state index contributed by atoms with van der Waals surface area (Å²) in [7, 11) is 0. The number of isocyanates is 1. The van der Waals surface area contributed by atoms with Crippen molar-refractivity contribution in [3.05, 3.63) is 11.6 Å². The second-order valence-corrected chi connectivity index (χ2v) is 2.50. The smallest absolute Gasteiger partial charge is 0.330 e. The summed E-state index contributed by atoms with van der Waals surface area (Å²) in [5.41, 5.74) is 0.267. The maximum absolute atomic E-state index is 10.3. The number of carbonyl (C=O) groups excluding carboxylic acids is 1. The Morgan fingerprint density at radius 3 is 2.75 bits per heavy atom. The van der Waals surface area contributed by atoms with Gasteiger partial charge in [-0.15, -0.1) is 0 Å². The lowest BCUT2D eigenvalue weighted by molar-refractivity contribution is -0.132. The maximum atomic E-state index is 10.3. The standard InChI is InChI=1S/C8H11NO3/c1-6(8(11)12)3-4-7(2)9-5-10/h3,7H,4H2,1-2H3,(H,11,12)/b6-3+. The number of hydrogen-bond donors (Lipinski definition) is 1. The van der Waals surface area contributed by atoms with Crippen molar-refractivity contribution in [2.45, 2.75) is 26.3 Å². The van der Waals surface area contributed by atoms with Gasteiger partial charge in [-0.05, 0) is 20.3 Å². The molecule has 12 heavy (non-hydrogen) atoms. The number of aliphatic carboxylic acids is 1. The molecule has 66 valence electrons. The first-order valence-electron chi connectivity index (χ1n) is 3.55. The third-order valence-electron chi connectivity index (χ3n) is 1.38. The Bertz CT molecular complexity index is 239. The van der Waals surface area contributed by atoms with Gasteiger partial charge in [-0.25, -0.2) is 14.6 Å². The molecule has 0 rings (SSSR count). The molecule has 4 heteroatoms. The van der Waals surface area contributed by atoms with Crippen LogP contribution in [0.5, 0.6) is 0 Å². The number of nitrogens with zero attached hydrogens (tertiary/aromatic N) is 1. The lowest BCUT2D eigenvalue weighted by Gasteiger charge is -1.98. The van der Waals surface area contributed by atoms with E-state index in [0.717, 1.165) is 0 Å². The van der Waals surface area contributed by atoms with Crippen LogP contribution in [-0.2, 0) is 9.59 Å². The zero-order valence-corrected chi connectivity index (χ0v) is 7.07. The van der Waals surface area contributed by atoms with E-state index in [2.05, 4.69) is 4.99 Å². The molecule has 0 amide bonds. The highest BCUT2D eigenvalue weighted by molar-refractivity contribution is 5.85. The van der Waals surface area contributed by atoms with Gasteiger partial charge in [-0.3, -0.25) is 0 Å². The third-order valence-corrected chi connectivity index (χ3v) is 1.38. The molecule has 0 saturated heterocycles. The summed E-state index contributed by atoms with van der Waals surface area (Å²) >= 11 is 0. The maximum Gasteiger partial charge on any atom is 0.330 e. The zero-order chi connectivity index (χ0) is 9.56. The Balaban J connectivity index is 4.03. The molecule has 0 bridgehead atoms. The SMILES string of the molecule is C/C(=C\CC(C)N=C=O)C(=O)O. The van der Waals surface area contributed by atoms with Crippen LogP contribution < -0.4 is 0 Å². The Morgan fingerprint density at radius 1 is 1.75 bits per heavy atom. The van der Waals surface area contributed by atoms with Crippen molar-refractivity contribution < 1.29 is 14.7 Å². The molecule has 1 atom stereocenters. The predicted octanol–water partition coefficient (Wildman–Crippen LogP) is 1.13. The third kappa shape index (κ3) is 4.41. The van der Waals surface area contributed by atoms with Gasteiger partial charge in [0, 0.05) is 5.57 Å². The molecular formula is C8H11NO3. The van der Waals surface area contributed by atoms with Gasteiger partial charge in [0.15, 0.2) is 0 Å². The summed E-state index contributed by atoms with van der Waals surface area (Å²) in [6.45, 7) is 3.22. The van der Waals surface area contributed by atoms with Gasteiger partial charge in [0.1, 0.15) is 0 Å². The average Bonchev–Trinajstić information content (AvgIpc) is 2.00. The summed E-state index contributed by atoms with van der Waals surface area (Å²) < 4.78 is 0. The minimum absolute atomic E-state index is 0.197. The van der Waals surface area contributed by atoms with Gasteiger partial charge in [0.2, 0.25) is 6.08 Å². The van der Waals surface area contributed by atoms with Crippen LogP contribution in [0.4, 0.5) is 0 Å². The van der Waals surface area contributed by atoms with Crippen LogP contribution in [0.2, 0.25) is 0 Å². The molecule has 0 radical (unpaired) electrons. The molecule has 1 N–H and O–H groups in total. The quantitative estimate of drug-likeness (QED) is 0.389. The number of hydrogen-bond acceptors (Lipinski definition) is 3. The van der Waals surface area contributed by atoms with Gasteiger partial charge in [-0.1, -0.05) is 6.08 Å². The highest BCUT2D eigenvalue weighted by atomic mass is 16.4. The van der Waals surface area contributed by atoms with E-state index in [9.17, 15) is 9.59 Å². The van der Waals surface area contributed by atoms with Gasteiger partial charge < -0.3 is 5.11 Å². The van der Waals surface area contributed by atoms with Crippen LogP contribution in [-0.4, -0.2) is 23.2 Å². The molecule has 0 aromatic carbocycles. The van der Waals surface area contributed by atoms with E-state index in [1.807, 2.05) is 0 Å². The molecular weight excluding hydrogens is 158 g/mol. The Labute approximate surface area is 70.6 Å². The first-order chi connectivity index (χ1) is 5.57. The van der Waals surface area contributed by atoms with Crippen molar-refractivity contribution >= 4 is 12.0 Å². The largest absolute Gasteiger partial charge is 0.478 e. The lowest BCUT2D eigenvalue weighted by atomic mass is 10.2. The Hall–Kier alpha value is -1.41. The fraction of sp³-hybridized carbons (Fsp3) is 0.500. The Morgan fingerprint density at radius 2 is 2.33 bits per heavy atom.